The number of fused-ring (bicyclic) bond motifs is 9. The zero-order valence-electron chi connectivity index (χ0n) is 26.3. The van der Waals surface area contributed by atoms with Gasteiger partial charge < -0.3 is 0 Å². The molecule has 228 valence electrons. The molecule has 5 heteroatoms. The number of hydrogen-bond acceptors (Lipinski definition) is 4. The van der Waals surface area contributed by atoms with Crippen LogP contribution in [0.2, 0.25) is 0 Å². The van der Waals surface area contributed by atoms with Crippen molar-refractivity contribution >= 4 is 49.1 Å². The second-order valence-electron chi connectivity index (χ2n) is 12.4. The highest BCUT2D eigenvalue weighted by Gasteiger charge is 2.15. The molecule has 0 spiro atoms. The van der Waals surface area contributed by atoms with E-state index in [1.54, 1.807) is 0 Å². The van der Waals surface area contributed by atoms with E-state index in [0.29, 0.717) is 17.5 Å². The van der Waals surface area contributed by atoms with Crippen LogP contribution in [0.3, 0.4) is 0 Å². The first kappa shape index (κ1) is 27.4. The summed E-state index contributed by atoms with van der Waals surface area (Å²) in [7, 11) is 0. The Kier molecular flexibility index (Phi) is 6.11. The van der Waals surface area contributed by atoms with Crippen LogP contribution < -0.4 is 0 Å². The number of pyridine rings is 1. The number of para-hydroxylation sites is 3. The van der Waals surface area contributed by atoms with Gasteiger partial charge in [0.2, 0.25) is 0 Å². The van der Waals surface area contributed by atoms with E-state index in [9.17, 15) is 0 Å². The SMILES string of the molecule is c1ccc(-c2nc(-c3ccccc3)nc(-c3ccc4cc(-c5ccc6c(c5)c5ccccc5n5c7ccccc7nc65)ccc4c3)n2)cc1. The van der Waals surface area contributed by atoms with E-state index in [4.69, 9.17) is 19.9 Å². The number of hydrogen-bond donors (Lipinski definition) is 0. The van der Waals surface area contributed by atoms with Crippen LogP contribution >= 0.6 is 0 Å². The maximum absolute atomic E-state index is 5.06. The number of benzene rings is 7. The van der Waals surface area contributed by atoms with Gasteiger partial charge in [-0.05, 0) is 69.8 Å². The minimum absolute atomic E-state index is 0.651. The van der Waals surface area contributed by atoms with Crippen LogP contribution in [0.15, 0.2) is 164 Å². The highest BCUT2D eigenvalue weighted by atomic mass is 15.0. The summed E-state index contributed by atoms with van der Waals surface area (Å²) in [5, 5.41) is 5.83. The molecular formula is C44H27N5. The summed E-state index contributed by atoms with van der Waals surface area (Å²) < 4.78 is 2.29. The van der Waals surface area contributed by atoms with Gasteiger partial charge in [0.25, 0.3) is 0 Å². The lowest BCUT2D eigenvalue weighted by atomic mass is 9.96. The van der Waals surface area contributed by atoms with Crippen molar-refractivity contribution in [2.24, 2.45) is 0 Å². The fraction of sp³-hybridized carbons (Fsp3) is 0. The van der Waals surface area contributed by atoms with Gasteiger partial charge in [0.15, 0.2) is 17.5 Å². The van der Waals surface area contributed by atoms with Crippen molar-refractivity contribution in [2.45, 2.75) is 0 Å². The van der Waals surface area contributed by atoms with Crippen molar-refractivity contribution in [3.8, 4) is 45.3 Å². The normalized spacial score (nSPS) is 11.7. The predicted molar refractivity (Wildman–Crippen MR) is 200 cm³/mol. The molecule has 3 heterocycles. The molecule has 10 aromatic rings. The molecule has 0 bridgehead atoms. The Morgan fingerprint density at radius 3 is 1.57 bits per heavy atom. The van der Waals surface area contributed by atoms with E-state index in [1.807, 2.05) is 66.7 Å². The standard InChI is InChI=1S/C44H27N5/c1-3-11-28(12-4-1)41-46-42(29-13-5-2-6-14-29)48-43(47-41)34-22-21-30-25-31(19-20-32(30)26-34)33-23-24-36-37(27-33)35-15-7-9-17-39(35)49-40-18-10-8-16-38(40)45-44(36)49/h1-27H. The smallest absolute Gasteiger partial charge is 0.164 e. The molecule has 49 heavy (non-hydrogen) atoms. The van der Waals surface area contributed by atoms with Gasteiger partial charge in [-0.3, -0.25) is 4.40 Å². The van der Waals surface area contributed by atoms with E-state index >= 15 is 0 Å². The van der Waals surface area contributed by atoms with E-state index in [0.717, 1.165) is 60.6 Å². The fourth-order valence-corrected chi connectivity index (χ4v) is 6.99. The first-order valence-corrected chi connectivity index (χ1v) is 16.4. The van der Waals surface area contributed by atoms with Crippen molar-refractivity contribution in [1.82, 2.24) is 24.3 Å². The number of nitrogens with zero attached hydrogens (tertiary/aromatic N) is 5. The quantitative estimate of drug-likeness (QED) is 0.183. The molecule has 5 nitrogen and oxygen atoms in total. The third-order valence-electron chi connectivity index (χ3n) is 9.39. The van der Waals surface area contributed by atoms with Gasteiger partial charge in [-0.25, -0.2) is 19.9 Å². The van der Waals surface area contributed by atoms with Crippen molar-refractivity contribution in [3.05, 3.63) is 164 Å². The average Bonchev–Trinajstić information content (AvgIpc) is 3.58. The van der Waals surface area contributed by atoms with Crippen LogP contribution in [0.1, 0.15) is 0 Å². The average molecular weight is 626 g/mol. The third kappa shape index (κ3) is 4.55. The van der Waals surface area contributed by atoms with E-state index in [-0.39, 0.29) is 0 Å². The lowest BCUT2D eigenvalue weighted by molar-refractivity contribution is 1.07. The maximum Gasteiger partial charge on any atom is 0.164 e. The zero-order chi connectivity index (χ0) is 32.3. The fourth-order valence-electron chi connectivity index (χ4n) is 6.99. The van der Waals surface area contributed by atoms with Crippen molar-refractivity contribution < 1.29 is 0 Å². The van der Waals surface area contributed by atoms with Gasteiger partial charge in [-0.15, -0.1) is 0 Å². The Labute approximate surface area is 281 Å². The summed E-state index contributed by atoms with van der Waals surface area (Å²) >= 11 is 0. The van der Waals surface area contributed by atoms with Gasteiger partial charge in [0.1, 0.15) is 5.65 Å². The zero-order valence-corrected chi connectivity index (χ0v) is 26.3. The molecule has 7 aromatic carbocycles. The van der Waals surface area contributed by atoms with Crippen LogP contribution in [0.25, 0.3) is 94.4 Å². The Morgan fingerprint density at radius 2 is 0.857 bits per heavy atom. The number of aromatic nitrogens is 5. The molecule has 0 aliphatic heterocycles. The minimum atomic E-state index is 0.651. The topological polar surface area (TPSA) is 56.0 Å². The summed E-state index contributed by atoms with van der Waals surface area (Å²) in [5.74, 6) is 1.96. The van der Waals surface area contributed by atoms with Crippen molar-refractivity contribution in [3.63, 3.8) is 0 Å². The van der Waals surface area contributed by atoms with Crippen LogP contribution in [-0.2, 0) is 0 Å². The molecule has 0 unspecified atom stereocenters. The van der Waals surface area contributed by atoms with Gasteiger partial charge >= 0.3 is 0 Å². The molecule has 3 aromatic heterocycles. The van der Waals surface area contributed by atoms with E-state index in [1.165, 1.54) is 16.3 Å². The van der Waals surface area contributed by atoms with Gasteiger partial charge in [0, 0.05) is 27.5 Å². The molecule has 0 aliphatic rings. The minimum Gasteiger partial charge on any atom is -0.292 e. The van der Waals surface area contributed by atoms with Gasteiger partial charge in [-0.1, -0.05) is 121 Å². The largest absolute Gasteiger partial charge is 0.292 e. The van der Waals surface area contributed by atoms with Gasteiger partial charge in [0.05, 0.1) is 16.6 Å². The first-order valence-electron chi connectivity index (χ1n) is 16.4. The summed E-state index contributed by atoms with van der Waals surface area (Å²) in [6, 6.07) is 57.0. The molecular weight excluding hydrogens is 599 g/mol. The summed E-state index contributed by atoms with van der Waals surface area (Å²) in [5.41, 5.74) is 9.46. The lowest BCUT2D eigenvalue weighted by Gasteiger charge is -2.12. The molecule has 0 N–H and O–H groups in total. The van der Waals surface area contributed by atoms with Gasteiger partial charge in [-0.2, -0.15) is 0 Å². The summed E-state index contributed by atoms with van der Waals surface area (Å²) in [6.07, 6.45) is 0. The summed E-state index contributed by atoms with van der Waals surface area (Å²) in [6.45, 7) is 0. The second kappa shape index (κ2) is 10.9. The highest BCUT2D eigenvalue weighted by molar-refractivity contribution is 6.14. The number of rotatable bonds is 4. The molecule has 0 atom stereocenters. The van der Waals surface area contributed by atoms with E-state index in [2.05, 4.69) is 101 Å². The molecule has 0 fully saturated rings. The highest BCUT2D eigenvalue weighted by Crippen LogP contribution is 2.36. The first-order chi connectivity index (χ1) is 24.3. The van der Waals surface area contributed by atoms with Crippen LogP contribution in [0, 0.1) is 0 Å². The third-order valence-corrected chi connectivity index (χ3v) is 9.39. The Morgan fingerprint density at radius 1 is 0.327 bits per heavy atom. The number of imidazole rings is 1. The van der Waals surface area contributed by atoms with Crippen LogP contribution in [0.4, 0.5) is 0 Å². The van der Waals surface area contributed by atoms with Crippen molar-refractivity contribution in [2.75, 3.05) is 0 Å². The predicted octanol–water partition coefficient (Wildman–Crippen LogP) is 10.8. The monoisotopic (exact) mass is 625 g/mol. The molecule has 0 aliphatic carbocycles. The molecule has 10 rings (SSSR count). The van der Waals surface area contributed by atoms with Crippen LogP contribution in [-0.4, -0.2) is 24.3 Å². The molecule has 0 saturated carbocycles. The summed E-state index contributed by atoms with van der Waals surface area (Å²) in [4.78, 5) is 19.8. The van der Waals surface area contributed by atoms with Crippen molar-refractivity contribution in [1.29, 1.82) is 0 Å². The van der Waals surface area contributed by atoms with Crippen LogP contribution in [0.5, 0.6) is 0 Å². The Balaban J connectivity index is 1.08. The van der Waals surface area contributed by atoms with E-state index < -0.39 is 0 Å². The Bertz CT molecular complexity index is 2820. The molecule has 0 saturated heterocycles. The molecule has 0 amide bonds. The maximum atomic E-state index is 5.06. The second-order valence-corrected chi connectivity index (χ2v) is 12.4. The lowest BCUT2D eigenvalue weighted by Crippen LogP contribution is -2.00. The Hall–Kier alpha value is -6.72. The molecule has 0 radical (unpaired) electrons.